The summed E-state index contributed by atoms with van der Waals surface area (Å²) < 4.78 is 4.96. The van der Waals surface area contributed by atoms with Gasteiger partial charge in [-0.2, -0.15) is 0 Å². The molecule has 1 amide bonds. The van der Waals surface area contributed by atoms with E-state index in [0.29, 0.717) is 26.1 Å². The lowest BCUT2D eigenvalue weighted by molar-refractivity contribution is -0.131. The van der Waals surface area contributed by atoms with Gasteiger partial charge in [0.05, 0.1) is 6.61 Å². The van der Waals surface area contributed by atoms with E-state index in [1.807, 2.05) is 6.92 Å². The topological polar surface area (TPSA) is 55.6 Å². The van der Waals surface area contributed by atoms with Crippen molar-refractivity contribution in [1.29, 1.82) is 0 Å². The average molecular weight is 228 g/mol. The van der Waals surface area contributed by atoms with Crippen molar-refractivity contribution in [1.82, 2.24) is 4.90 Å². The van der Waals surface area contributed by atoms with Crippen molar-refractivity contribution in [3.05, 3.63) is 12.7 Å². The van der Waals surface area contributed by atoms with Crippen molar-refractivity contribution in [3.8, 4) is 0 Å². The first-order valence-corrected chi connectivity index (χ1v) is 5.75. The Kier molecular flexibility index (Phi) is 8.85. The van der Waals surface area contributed by atoms with Gasteiger partial charge < -0.3 is 15.4 Å². The van der Waals surface area contributed by atoms with Crippen LogP contribution in [-0.2, 0) is 9.53 Å². The molecule has 0 aliphatic heterocycles. The SMILES string of the molecule is C=CCN(CCOC)C(=O)CCCC(C)N. The van der Waals surface area contributed by atoms with Gasteiger partial charge in [-0.05, 0) is 19.8 Å². The molecule has 1 unspecified atom stereocenters. The predicted octanol–water partition coefficient (Wildman–Crippen LogP) is 1.16. The lowest BCUT2D eigenvalue weighted by Gasteiger charge is -2.20. The zero-order valence-electron chi connectivity index (χ0n) is 10.4. The molecule has 0 saturated carbocycles. The van der Waals surface area contributed by atoms with Gasteiger partial charge in [0.2, 0.25) is 5.91 Å². The summed E-state index contributed by atoms with van der Waals surface area (Å²) in [5.41, 5.74) is 5.63. The molecule has 0 radical (unpaired) electrons. The molecule has 0 aliphatic carbocycles. The molecule has 0 aromatic carbocycles. The molecule has 0 fully saturated rings. The molecule has 2 N–H and O–H groups in total. The van der Waals surface area contributed by atoms with Crippen LogP contribution in [0.2, 0.25) is 0 Å². The fourth-order valence-corrected chi connectivity index (χ4v) is 1.41. The average Bonchev–Trinajstić information content (AvgIpc) is 2.23. The number of nitrogens with zero attached hydrogens (tertiary/aromatic N) is 1. The number of amides is 1. The standard InChI is InChI=1S/C12H24N2O2/c1-4-8-14(9-10-16-3)12(15)7-5-6-11(2)13/h4,11H,1,5-10,13H2,2-3H3. The van der Waals surface area contributed by atoms with E-state index in [0.717, 1.165) is 12.8 Å². The summed E-state index contributed by atoms with van der Waals surface area (Å²) in [6.07, 6.45) is 4.02. The van der Waals surface area contributed by atoms with E-state index in [-0.39, 0.29) is 11.9 Å². The van der Waals surface area contributed by atoms with Crippen molar-refractivity contribution in [3.63, 3.8) is 0 Å². The second kappa shape index (κ2) is 9.36. The highest BCUT2D eigenvalue weighted by atomic mass is 16.5. The van der Waals surface area contributed by atoms with E-state index < -0.39 is 0 Å². The number of ether oxygens (including phenoxy) is 1. The van der Waals surface area contributed by atoms with Gasteiger partial charge in [0.1, 0.15) is 0 Å². The maximum Gasteiger partial charge on any atom is 0.222 e. The molecular weight excluding hydrogens is 204 g/mol. The van der Waals surface area contributed by atoms with Crippen LogP contribution < -0.4 is 5.73 Å². The number of nitrogens with two attached hydrogens (primary N) is 1. The molecule has 1 atom stereocenters. The molecule has 0 aromatic heterocycles. The Morgan fingerprint density at radius 3 is 2.81 bits per heavy atom. The van der Waals surface area contributed by atoms with E-state index in [4.69, 9.17) is 10.5 Å². The van der Waals surface area contributed by atoms with Gasteiger partial charge in [0.25, 0.3) is 0 Å². The van der Waals surface area contributed by atoms with Gasteiger partial charge >= 0.3 is 0 Å². The molecule has 0 spiro atoms. The van der Waals surface area contributed by atoms with Crippen LogP contribution >= 0.6 is 0 Å². The molecule has 0 bridgehead atoms. The Labute approximate surface area is 98.4 Å². The third kappa shape index (κ3) is 7.43. The number of hydrogen-bond acceptors (Lipinski definition) is 3. The largest absolute Gasteiger partial charge is 0.383 e. The predicted molar refractivity (Wildman–Crippen MR) is 66.2 cm³/mol. The van der Waals surface area contributed by atoms with Gasteiger partial charge in [-0.15, -0.1) is 6.58 Å². The molecular formula is C12H24N2O2. The van der Waals surface area contributed by atoms with E-state index in [1.165, 1.54) is 0 Å². The van der Waals surface area contributed by atoms with Crippen LogP contribution in [0.25, 0.3) is 0 Å². The van der Waals surface area contributed by atoms with Crippen LogP contribution in [0.1, 0.15) is 26.2 Å². The van der Waals surface area contributed by atoms with Crippen molar-refractivity contribution < 1.29 is 9.53 Å². The fourth-order valence-electron chi connectivity index (χ4n) is 1.41. The third-order valence-corrected chi connectivity index (χ3v) is 2.32. The molecule has 0 heterocycles. The highest BCUT2D eigenvalue weighted by Crippen LogP contribution is 2.03. The lowest BCUT2D eigenvalue weighted by atomic mass is 10.1. The minimum atomic E-state index is 0.151. The number of rotatable bonds is 9. The summed E-state index contributed by atoms with van der Waals surface area (Å²) >= 11 is 0. The minimum Gasteiger partial charge on any atom is -0.383 e. The smallest absolute Gasteiger partial charge is 0.222 e. The summed E-state index contributed by atoms with van der Waals surface area (Å²) in [6.45, 7) is 7.37. The van der Waals surface area contributed by atoms with Crippen LogP contribution in [0.15, 0.2) is 12.7 Å². The van der Waals surface area contributed by atoms with E-state index in [9.17, 15) is 4.79 Å². The van der Waals surface area contributed by atoms with Crippen LogP contribution in [-0.4, -0.2) is 43.7 Å². The maximum absolute atomic E-state index is 11.8. The first kappa shape index (κ1) is 15.1. The Morgan fingerprint density at radius 1 is 1.62 bits per heavy atom. The molecule has 0 rings (SSSR count). The summed E-state index contributed by atoms with van der Waals surface area (Å²) in [6, 6.07) is 0.166. The van der Waals surface area contributed by atoms with Gasteiger partial charge in [0, 0.05) is 32.7 Å². The fraction of sp³-hybridized carbons (Fsp3) is 0.750. The van der Waals surface area contributed by atoms with Crippen molar-refractivity contribution in [2.75, 3.05) is 26.8 Å². The van der Waals surface area contributed by atoms with Crippen molar-refractivity contribution >= 4 is 5.91 Å². The van der Waals surface area contributed by atoms with Gasteiger partial charge in [-0.3, -0.25) is 4.79 Å². The zero-order chi connectivity index (χ0) is 12.4. The molecule has 16 heavy (non-hydrogen) atoms. The molecule has 94 valence electrons. The number of hydrogen-bond donors (Lipinski definition) is 1. The highest BCUT2D eigenvalue weighted by molar-refractivity contribution is 5.76. The summed E-state index contributed by atoms with van der Waals surface area (Å²) in [5, 5.41) is 0. The van der Waals surface area contributed by atoms with Crippen LogP contribution in [0, 0.1) is 0 Å². The quantitative estimate of drug-likeness (QED) is 0.603. The van der Waals surface area contributed by atoms with E-state index >= 15 is 0 Å². The second-order valence-corrected chi connectivity index (χ2v) is 3.99. The molecule has 0 aliphatic rings. The van der Waals surface area contributed by atoms with Crippen LogP contribution in [0.3, 0.4) is 0 Å². The normalized spacial score (nSPS) is 12.2. The molecule has 4 heteroatoms. The van der Waals surface area contributed by atoms with Gasteiger partial charge in [-0.1, -0.05) is 6.08 Å². The minimum absolute atomic E-state index is 0.151. The Hall–Kier alpha value is -0.870. The number of carbonyl (C=O) groups excluding carboxylic acids is 1. The zero-order valence-corrected chi connectivity index (χ0v) is 10.4. The first-order valence-electron chi connectivity index (χ1n) is 5.75. The first-order chi connectivity index (χ1) is 7.61. The van der Waals surface area contributed by atoms with Crippen molar-refractivity contribution in [2.45, 2.75) is 32.2 Å². The molecule has 4 nitrogen and oxygen atoms in total. The number of methoxy groups -OCH3 is 1. The summed E-state index contributed by atoms with van der Waals surface area (Å²) in [5.74, 6) is 0.151. The Morgan fingerprint density at radius 2 is 2.31 bits per heavy atom. The molecule has 0 saturated heterocycles. The van der Waals surface area contributed by atoms with Crippen molar-refractivity contribution in [2.24, 2.45) is 5.73 Å². The lowest BCUT2D eigenvalue weighted by Crippen LogP contribution is -2.34. The summed E-state index contributed by atoms with van der Waals surface area (Å²) in [7, 11) is 1.63. The third-order valence-electron chi connectivity index (χ3n) is 2.32. The highest BCUT2D eigenvalue weighted by Gasteiger charge is 2.11. The number of carbonyl (C=O) groups is 1. The maximum atomic E-state index is 11.8. The summed E-state index contributed by atoms with van der Waals surface area (Å²) in [4.78, 5) is 13.6. The Balaban J connectivity index is 3.90. The van der Waals surface area contributed by atoms with E-state index in [1.54, 1.807) is 18.1 Å². The van der Waals surface area contributed by atoms with E-state index in [2.05, 4.69) is 6.58 Å². The van der Waals surface area contributed by atoms with Gasteiger partial charge in [-0.25, -0.2) is 0 Å². The Bertz CT molecular complexity index is 205. The molecule has 0 aromatic rings. The second-order valence-electron chi connectivity index (χ2n) is 3.99. The van der Waals surface area contributed by atoms with Crippen LogP contribution in [0.5, 0.6) is 0 Å². The van der Waals surface area contributed by atoms with Crippen LogP contribution in [0.4, 0.5) is 0 Å². The monoisotopic (exact) mass is 228 g/mol. The van der Waals surface area contributed by atoms with Gasteiger partial charge in [0.15, 0.2) is 0 Å².